The van der Waals surface area contributed by atoms with Gasteiger partial charge in [0.1, 0.15) is 11.5 Å². The first-order chi connectivity index (χ1) is 9.33. The van der Waals surface area contributed by atoms with Crippen molar-refractivity contribution in [2.45, 2.75) is 6.92 Å². The summed E-state index contributed by atoms with van der Waals surface area (Å²) < 4.78 is 6.05. The molecule has 0 aromatic heterocycles. The first-order valence-electron chi connectivity index (χ1n) is 6.55. The fraction of sp³-hybridized carbons (Fsp3) is 0.111. The minimum absolute atomic E-state index is 0.374. The highest BCUT2D eigenvalue weighted by atomic mass is 16.5. The van der Waals surface area contributed by atoms with Gasteiger partial charge < -0.3 is 4.74 Å². The van der Waals surface area contributed by atoms with Crippen molar-refractivity contribution in [1.29, 1.82) is 0 Å². The maximum Gasteiger partial charge on any atom is 0.131 e. The molecule has 0 spiro atoms. The number of ether oxygens (including phenoxy) is 1. The number of hydrogen-bond acceptors (Lipinski definition) is 1. The van der Waals surface area contributed by atoms with Gasteiger partial charge in [-0.05, 0) is 18.1 Å². The number of benzene rings is 2. The number of rotatable bonds is 2. The van der Waals surface area contributed by atoms with E-state index >= 15 is 0 Å². The van der Waals surface area contributed by atoms with Crippen LogP contribution in [0.2, 0.25) is 0 Å². The highest BCUT2D eigenvalue weighted by Gasteiger charge is 2.15. The van der Waals surface area contributed by atoms with Gasteiger partial charge >= 0.3 is 0 Å². The minimum atomic E-state index is 0.374. The van der Waals surface area contributed by atoms with Crippen LogP contribution in [0.3, 0.4) is 0 Å². The van der Waals surface area contributed by atoms with Crippen molar-refractivity contribution < 1.29 is 4.74 Å². The summed E-state index contributed by atoms with van der Waals surface area (Å²) in [7, 11) is 0. The summed E-state index contributed by atoms with van der Waals surface area (Å²) >= 11 is 0. The van der Waals surface area contributed by atoms with Gasteiger partial charge in [0, 0.05) is 11.1 Å². The van der Waals surface area contributed by atoms with Crippen molar-refractivity contribution in [2.75, 3.05) is 0 Å². The largest absolute Gasteiger partial charge is 0.457 e. The van der Waals surface area contributed by atoms with E-state index in [-0.39, 0.29) is 0 Å². The Balaban J connectivity index is 1.92. The van der Waals surface area contributed by atoms with Gasteiger partial charge in [-0.2, -0.15) is 0 Å². The van der Waals surface area contributed by atoms with E-state index in [9.17, 15) is 0 Å². The zero-order chi connectivity index (χ0) is 13.1. The Bertz CT molecular complexity index is 553. The maximum atomic E-state index is 6.05. The molecule has 0 N–H and O–H groups in total. The monoisotopic (exact) mass is 248 g/mol. The summed E-state index contributed by atoms with van der Waals surface area (Å²) in [4.78, 5) is 0. The molecule has 2 aromatic rings. The lowest BCUT2D eigenvalue weighted by Crippen LogP contribution is -2.02. The third kappa shape index (κ3) is 2.60. The van der Waals surface area contributed by atoms with E-state index in [4.69, 9.17) is 4.74 Å². The van der Waals surface area contributed by atoms with Crippen LogP contribution in [0.4, 0.5) is 0 Å². The van der Waals surface area contributed by atoms with Crippen LogP contribution in [0.25, 0.3) is 11.5 Å². The van der Waals surface area contributed by atoms with E-state index in [0.29, 0.717) is 5.92 Å². The first kappa shape index (κ1) is 11.8. The van der Waals surface area contributed by atoms with Crippen molar-refractivity contribution in [3.63, 3.8) is 0 Å². The maximum absolute atomic E-state index is 6.05. The Morgan fingerprint density at radius 3 is 1.53 bits per heavy atom. The van der Waals surface area contributed by atoms with E-state index < -0.39 is 0 Å². The summed E-state index contributed by atoms with van der Waals surface area (Å²) in [5, 5.41) is 0. The second-order valence-electron chi connectivity index (χ2n) is 4.76. The standard InChI is InChI=1S/C18H16O/c1-14-12-17(15-8-4-2-5-9-15)19-18(13-14)16-10-6-3-7-11-16/h2-14H,1H3. The van der Waals surface area contributed by atoms with Gasteiger partial charge in [-0.25, -0.2) is 0 Å². The van der Waals surface area contributed by atoms with Crippen LogP contribution in [0.5, 0.6) is 0 Å². The quantitative estimate of drug-likeness (QED) is 0.746. The summed E-state index contributed by atoms with van der Waals surface area (Å²) in [6, 6.07) is 20.5. The van der Waals surface area contributed by atoms with E-state index in [0.717, 1.165) is 22.6 Å². The molecule has 1 aliphatic heterocycles. The van der Waals surface area contributed by atoms with Gasteiger partial charge in [0.25, 0.3) is 0 Å². The second kappa shape index (κ2) is 5.15. The molecule has 1 nitrogen and oxygen atoms in total. The third-order valence-electron chi connectivity index (χ3n) is 3.17. The molecule has 0 saturated heterocycles. The van der Waals surface area contributed by atoms with Gasteiger partial charge in [-0.1, -0.05) is 67.6 Å². The highest BCUT2D eigenvalue weighted by Crippen LogP contribution is 2.31. The normalized spacial score (nSPS) is 15.4. The third-order valence-corrected chi connectivity index (χ3v) is 3.17. The predicted octanol–water partition coefficient (Wildman–Crippen LogP) is 4.73. The second-order valence-corrected chi connectivity index (χ2v) is 4.76. The predicted molar refractivity (Wildman–Crippen MR) is 79.1 cm³/mol. The van der Waals surface area contributed by atoms with Crippen molar-refractivity contribution in [1.82, 2.24) is 0 Å². The molecule has 0 radical (unpaired) electrons. The Morgan fingerprint density at radius 1 is 0.684 bits per heavy atom. The molecule has 0 saturated carbocycles. The zero-order valence-corrected chi connectivity index (χ0v) is 10.9. The first-order valence-corrected chi connectivity index (χ1v) is 6.55. The molecule has 3 rings (SSSR count). The number of hydrogen-bond donors (Lipinski definition) is 0. The molecule has 1 heteroatoms. The number of allylic oxidation sites excluding steroid dienone is 2. The van der Waals surface area contributed by atoms with Crippen LogP contribution in [-0.2, 0) is 4.74 Å². The SMILES string of the molecule is CC1C=C(c2ccccc2)OC(c2ccccc2)=C1. The molecular formula is C18H16O. The van der Waals surface area contributed by atoms with Crippen LogP contribution in [0.15, 0.2) is 72.8 Å². The molecular weight excluding hydrogens is 232 g/mol. The smallest absolute Gasteiger partial charge is 0.131 e. The Morgan fingerprint density at radius 2 is 1.11 bits per heavy atom. The average Bonchev–Trinajstić information content (AvgIpc) is 2.48. The lowest BCUT2D eigenvalue weighted by molar-refractivity contribution is 0.454. The van der Waals surface area contributed by atoms with E-state index in [2.05, 4.69) is 43.3 Å². The van der Waals surface area contributed by atoms with Crippen molar-refractivity contribution >= 4 is 11.5 Å². The van der Waals surface area contributed by atoms with Gasteiger partial charge in [0.15, 0.2) is 0 Å². The molecule has 0 fully saturated rings. The van der Waals surface area contributed by atoms with E-state index in [1.54, 1.807) is 0 Å². The zero-order valence-electron chi connectivity index (χ0n) is 10.9. The van der Waals surface area contributed by atoms with Gasteiger partial charge in [0.05, 0.1) is 0 Å². The molecule has 2 aromatic carbocycles. The molecule has 19 heavy (non-hydrogen) atoms. The fourth-order valence-corrected chi connectivity index (χ4v) is 2.23. The molecule has 0 unspecified atom stereocenters. The lowest BCUT2D eigenvalue weighted by Gasteiger charge is -2.20. The van der Waals surface area contributed by atoms with Crippen molar-refractivity contribution in [3.8, 4) is 0 Å². The van der Waals surface area contributed by atoms with E-state index in [1.807, 2.05) is 36.4 Å². The summed E-state index contributed by atoms with van der Waals surface area (Å²) in [6.45, 7) is 2.17. The van der Waals surface area contributed by atoms with Crippen LogP contribution in [0.1, 0.15) is 18.1 Å². The highest BCUT2D eigenvalue weighted by molar-refractivity contribution is 5.72. The summed E-state index contributed by atoms with van der Waals surface area (Å²) in [5.41, 5.74) is 2.24. The van der Waals surface area contributed by atoms with Gasteiger partial charge in [-0.15, -0.1) is 0 Å². The van der Waals surface area contributed by atoms with Crippen LogP contribution < -0.4 is 0 Å². The summed E-state index contributed by atoms with van der Waals surface area (Å²) in [5.74, 6) is 2.25. The van der Waals surface area contributed by atoms with Gasteiger partial charge in [0.2, 0.25) is 0 Å². The topological polar surface area (TPSA) is 9.23 Å². The van der Waals surface area contributed by atoms with Crippen molar-refractivity contribution in [3.05, 3.63) is 83.9 Å². The Hall–Kier alpha value is -2.28. The molecule has 1 heterocycles. The Labute approximate surface area is 113 Å². The van der Waals surface area contributed by atoms with Crippen molar-refractivity contribution in [2.24, 2.45) is 5.92 Å². The van der Waals surface area contributed by atoms with Gasteiger partial charge in [-0.3, -0.25) is 0 Å². The molecule has 0 aliphatic carbocycles. The molecule has 0 atom stereocenters. The average molecular weight is 248 g/mol. The molecule has 94 valence electrons. The van der Waals surface area contributed by atoms with Crippen LogP contribution in [0, 0.1) is 5.92 Å². The molecule has 0 amide bonds. The Kier molecular flexibility index (Phi) is 3.20. The van der Waals surface area contributed by atoms with Crippen LogP contribution >= 0.6 is 0 Å². The minimum Gasteiger partial charge on any atom is -0.457 e. The van der Waals surface area contributed by atoms with Crippen LogP contribution in [-0.4, -0.2) is 0 Å². The fourth-order valence-electron chi connectivity index (χ4n) is 2.23. The molecule has 1 aliphatic rings. The van der Waals surface area contributed by atoms with E-state index in [1.165, 1.54) is 0 Å². The lowest BCUT2D eigenvalue weighted by atomic mass is 10.0. The molecule has 0 bridgehead atoms. The summed E-state index contributed by atoms with van der Waals surface area (Å²) in [6.07, 6.45) is 4.31.